The van der Waals surface area contributed by atoms with E-state index in [4.69, 9.17) is 4.74 Å². The van der Waals surface area contributed by atoms with Crippen LogP contribution in [0.3, 0.4) is 0 Å². The van der Waals surface area contributed by atoms with Gasteiger partial charge in [0.05, 0.1) is 30.2 Å². The summed E-state index contributed by atoms with van der Waals surface area (Å²) in [5, 5.41) is 8.18. The Kier molecular flexibility index (Phi) is 7.08. The van der Waals surface area contributed by atoms with E-state index in [0.717, 1.165) is 50.3 Å². The zero-order valence-corrected chi connectivity index (χ0v) is 18.6. The fraction of sp³-hybridized carbons (Fsp3) is 0.0417. The maximum atomic E-state index is 13.3. The lowest BCUT2D eigenvalue weighted by Gasteiger charge is -2.09. The first-order chi connectivity index (χ1) is 14.7. The van der Waals surface area contributed by atoms with E-state index in [2.05, 4.69) is 26.2 Å². The fourth-order valence-corrected chi connectivity index (χ4v) is 3.54. The summed E-state index contributed by atoms with van der Waals surface area (Å²) in [7, 11) is 1.64. The number of rotatable bonds is 4. The van der Waals surface area contributed by atoms with E-state index in [0.29, 0.717) is 0 Å². The predicted octanol–water partition coefficient (Wildman–Crippen LogP) is 6.59. The van der Waals surface area contributed by atoms with Gasteiger partial charge in [-0.1, -0.05) is 6.07 Å². The van der Waals surface area contributed by atoms with E-state index < -0.39 is 0 Å². The summed E-state index contributed by atoms with van der Waals surface area (Å²) >= 11 is 0. The highest BCUT2D eigenvalue weighted by atomic mass is 35.5. The molecule has 0 amide bonds. The number of halogens is 3. The molecule has 164 valence electrons. The number of nitrogens with zero attached hydrogens (tertiary/aromatic N) is 3. The summed E-state index contributed by atoms with van der Waals surface area (Å²) in [4.78, 5) is 8.94. The van der Waals surface area contributed by atoms with Crippen molar-refractivity contribution in [2.75, 3.05) is 7.11 Å². The van der Waals surface area contributed by atoms with Gasteiger partial charge in [-0.05, 0) is 66.2 Å². The van der Waals surface area contributed by atoms with Gasteiger partial charge in [0, 0.05) is 23.5 Å². The van der Waals surface area contributed by atoms with Crippen LogP contribution in [0.4, 0.5) is 4.39 Å². The molecule has 1 N–H and O–H groups in total. The molecule has 5 aromatic rings. The lowest BCUT2D eigenvalue weighted by molar-refractivity contribution is 0.415. The zero-order valence-electron chi connectivity index (χ0n) is 16.9. The summed E-state index contributed by atoms with van der Waals surface area (Å²) in [6, 6.07) is 20.2. The quantitative estimate of drug-likeness (QED) is 0.321. The molecular weight excluding hydrogens is 450 g/mol. The van der Waals surface area contributed by atoms with E-state index >= 15 is 0 Å². The molecule has 0 aliphatic carbocycles. The van der Waals surface area contributed by atoms with Gasteiger partial charge in [-0.2, -0.15) is 5.10 Å². The Bertz CT molecular complexity index is 1350. The highest BCUT2D eigenvalue weighted by Gasteiger charge is 2.13. The number of hydrogen-bond acceptors (Lipinski definition) is 4. The van der Waals surface area contributed by atoms with Crippen LogP contribution < -0.4 is 4.74 Å². The molecule has 0 aliphatic heterocycles. The normalized spacial score (nSPS) is 10.3. The summed E-state index contributed by atoms with van der Waals surface area (Å²) < 4.78 is 18.6. The second kappa shape index (κ2) is 9.77. The van der Waals surface area contributed by atoms with Gasteiger partial charge in [-0.3, -0.25) is 5.10 Å². The van der Waals surface area contributed by atoms with Crippen LogP contribution in [0.1, 0.15) is 1.43 Å². The predicted molar refractivity (Wildman–Crippen MR) is 131 cm³/mol. The third-order valence-corrected chi connectivity index (χ3v) is 5.08. The average Bonchev–Trinajstić information content (AvgIpc) is 3.29. The smallest absolute Gasteiger partial charge is 0.123 e. The number of H-pyrrole nitrogens is 1. The average molecular weight is 471 g/mol. The van der Waals surface area contributed by atoms with Crippen molar-refractivity contribution in [3.8, 4) is 39.4 Å². The third-order valence-electron chi connectivity index (χ3n) is 5.08. The van der Waals surface area contributed by atoms with Crippen molar-refractivity contribution in [3.63, 3.8) is 0 Å². The van der Waals surface area contributed by atoms with Crippen LogP contribution in [0.5, 0.6) is 5.75 Å². The summed E-state index contributed by atoms with van der Waals surface area (Å²) in [5.74, 6) is 0.520. The molecule has 0 fully saturated rings. The fourth-order valence-electron chi connectivity index (χ4n) is 3.54. The molecule has 2 aromatic heterocycles. The molecule has 0 bridgehead atoms. The van der Waals surface area contributed by atoms with Gasteiger partial charge in [0.25, 0.3) is 0 Å². The molecular formula is C24H21Cl2FN4O. The molecule has 0 aliphatic rings. The van der Waals surface area contributed by atoms with E-state index in [-0.39, 0.29) is 32.1 Å². The van der Waals surface area contributed by atoms with Gasteiger partial charge >= 0.3 is 0 Å². The van der Waals surface area contributed by atoms with Crippen molar-refractivity contribution in [2.45, 2.75) is 0 Å². The van der Waals surface area contributed by atoms with Crippen molar-refractivity contribution >= 4 is 35.7 Å². The zero-order chi connectivity index (χ0) is 20.5. The number of ether oxygens (including phenoxy) is 1. The van der Waals surface area contributed by atoms with Crippen LogP contribution in [-0.4, -0.2) is 27.3 Å². The monoisotopic (exact) mass is 470 g/mol. The van der Waals surface area contributed by atoms with E-state index in [1.807, 2.05) is 36.4 Å². The molecule has 0 unspecified atom stereocenters. The van der Waals surface area contributed by atoms with Crippen molar-refractivity contribution in [1.82, 2.24) is 20.2 Å². The number of benzene rings is 3. The summed E-state index contributed by atoms with van der Waals surface area (Å²) in [6.45, 7) is 0. The Morgan fingerprint density at radius 1 is 0.844 bits per heavy atom. The minimum absolute atomic E-state index is 0. The maximum Gasteiger partial charge on any atom is 0.123 e. The second-order valence-electron chi connectivity index (χ2n) is 6.85. The van der Waals surface area contributed by atoms with Crippen molar-refractivity contribution in [1.29, 1.82) is 0 Å². The van der Waals surface area contributed by atoms with E-state index in [1.54, 1.807) is 31.8 Å². The molecule has 8 heteroatoms. The Balaban J connectivity index is 0.00000128. The molecule has 0 saturated carbocycles. The number of methoxy groups -OCH3 is 1. The van der Waals surface area contributed by atoms with Gasteiger partial charge in [-0.15, -0.1) is 24.8 Å². The third kappa shape index (κ3) is 4.28. The molecule has 0 saturated heterocycles. The Morgan fingerprint density at radius 3 is 2.25 bits per heavy atom. The molecule has 32 heavy (non-hydrogen) atoms. The molecule has 0 radical (unpaired) electrons. The lowest BCUT2D eigenvalue weighted by atomic mass is 9.98. The van der Waals surface area contributed by atoms with Gasteiger partial charge < -0.3 is 4.74 Å². The van der Waals surface area contributed by atoms with Crippen LogP contribution in [0.2, 0.25) is 0 Å². The first-order valence-electron chi connectivity index (χ1n) is 9.42. The maximum absolute atomic E-state index is 13.3. The van der Waals surface area contributed by atoms with Crippen molar-refractivity contribution in [3.05, 3.63) is 85.1 Å². The van der Waals surface area contributed by atoms with Gasteiger partial charge in [0.15, 0.2) is 0 Å². The second-order valence-corrected chi connectivity index (χ2v) is 6.85. The molecule has 2 heterocycles. The van der Waals surface area contributed by atoms with Crippen LogP contribution in [0, 0.1) is 5.82 Å². The minimum Gasteiger partial charge on any atom is -0.497 e. The van der Waals surface area contributed by atoms with Crippen molar-refractivity contribution < 1.29 is 10.6 Å². The van der Waals surface area contributed by atoms with Gasteiger partial charge in [-0.25, -0.2) is 14.4 Å². The van der Waals surface area contributed by atoms with Crippen LogP contribution in [0.25, 0.3) is 44.5 Å². The number of fused-ring (bicyclic) bond motifs is 1. The van der Waals surface area contributed by atoms with Gasteiger partial charge in [0.1, 0.15) is 17.9 Å². The molecule has 0 spiro atoms. The van der Waals surface area contributed by atoms with Crippen LogP contribution in [0.15, 0.2) is 79.3 Å². The van der Waals surface area contributed by atoms with Crippen LogP contribution >= 0.6 is 24.8 Å². The first-order valence-corrected chi connectivity index (χ1v) is 9.42. The van der Waals surface area contributed by atoms with E-state index in [9.17, 15) is 4.39 Å². The SMILES string of the molecule is COc1ccc(-c2ncnc3ccc(-c4cn[nH]c4-c4ccc(F)cc4)cc23)cc1.Cl.Cl.[HH]. The van der Waals surface area contributed by atoms with Crippen LogP contribution in [-0.2, 0) is 0 Å². The number of hydrogen-bond donors (Lipinski definition) is 1. The molecule has 5 nitrogen and oxygen atoms in total. The van der Waals surface area contributed by atoms with Crippen molar-refractivity contribution in [2.24, 2.45) is 0 Å². The number of aromatic nitrogens is 4. The number of aromatic amines is 1. The largest absolute Gasteiger partial charge is 0.497 e. The Hall–Kier alpha value is -3.48. The van der Waals surface area contributed by atoms with E-state index in [1.165, 1.54) is 12.1 Å². The molecule has 3 aromatic carbocycles. The number of nitrogens with one attached hydrogen (secondary N) is 1. The Labute approximate surface area is 198 Å². The highest BCUT2D eigenvalue weighted by Crippen LogP contribution is 2.34. The highest BCUT2D eigenvalue weighted by molar-refractivity contribution is 5.96. The summed E-state index contributed by atoms with van der Waals surface area (Å²) in [6.07, 6.45) is 3.35. The Morgan fingerprint density at radius 2 is 1.53 bits per heavy atom. The standard InChI is InChI=1S/C24H17FN4O.2ClH.H2/c1-30-19-9-4-15(5-10-19)23-20-12-17(6-11-22(20)26-14-27-23)21-13-28-29-24(21)16-2-7-18(25)8-3-16;;;/h2-14H,1H3,(H,28,29);3*1H. The topological polar surface area (TPSA) is 63.7 Å². The van der Waals surface area contributed by atoms with Gasteiger partial charge in [0.2, 0.25) is 0 Å². The first kappa shape index (κ1) is 23.2. The molecule has 5 rings (SSSR count). The molecule has 0 atom stereocenters. The summed E-state index contributed by atoms with van der Waals surface area (Å²) in [5.41, 5.74) is 6.27. The minimum atomic E-state index is -0.271. The lowest BCUT2D eigenvalue weighted by Crippen LogP contribution is -1.91.